The molecule has 0 amide bonds. The normalized spacial score (nSPS) is 15.1. The highest BCUT2D eigenvalue weighted by Crippen LogP contribution is 2.33. The van der Waals surface area contributed by atoms with Crippen molar-refractivity contribution in [2.75, 3.05) is 6.61 Å². The Kier molecular flexibility index (Phi) is 3.45. The summed E-state index contributed by atoms with van der Waals surface area (Å²) in [6.45, 7) is 3.14. The van der Waals surface area contributed by atoms with E-state index in [-0.39, 0.29) is 5.38 Å². The zero-order chi connectivity index (χ0) is 13.4. The molecular weight excluding hydrogens is 332 g/mol. The van der Waals surface area contributed by atoms with Gasteiger partial charge in [0.15, 0.2) is 5.82 Å². The van der Waals surface area contributed by atoms with E-state index in [2.05, 4.69) is 37.5 Å². The SMILES string of the molecule is CC(Cl)c1nnnn1Cc1cc(Br)cc2c1OCC2. The Morgan fingerprint density at radius 1 is 1.53 bits per heavy atom. The molecule has 0 radical (unpaired) electrons. The van der Waals surface area contributed by atoms with E-state index in [0.717, 1.165) is 28.8 Å². The highest BCUT2D eigenvalue weighted by molar-refractivity contribution is 9.10. The fraction of sp³-hybridized carbons (Fsp3) is 0.417. The molecule has 1 unspecified atom stereocenters. The van der Waals surface area contributed by atoms with Crippen LogP contribution in [0, 0.1) is 0 Å². The van der Waals surface area contributed by atoms with Gasteiger partial charge < -0.3 is 4.74 Å². The van der Waals surface area contributed by atoms with Crippen LogP contribution in [0.2, 0.25) is 0 Å². The van der Waals surface area contributed by atoms with E-state index in [0.29, 0.717) is 12.4 Å². The van der Waals surface area contributed by atoms with Crippen molar-refractivity contribution in [2.24, 2.45) is 0 Å². The summed E-state index contributed by atoms with van der Waals surface area (Å²) in [7, 11) is 0. The van der Waals surface area contributed by atoms with Crippen molar-refractivity contribution in [3.05, 3.63) is 33.6 Å². The molecule has 2 heterocycles. The number of tetrazole rings is 1. The Hall–Kier alpha value is -1.14. The number of ether oxygens (including phenoxy) is 1. The zero-order valence-corrected chi connectivity index (χ0v) is 12.6. The first kappa shape index (κ1) is 12.9. The van der Waals surface area contributed by atoms with Gasteiger partial charge in [-0.3, -0.25) is 0 Å². The van der Waals surface area contributed by atoms with Crippen LogP contribution >= 0.6 is 27.5 Å². The van der Waals surface area contributed by atoms with Gasteiger partial charge in [-0.1, -0.05) is 15.9 Å². The lowest BCUT2D eigenvalue weighted by molar-refractivity contribution is 0.352. The Balaban J connectivity index is 1.98. The van der Waals surface area contributed by atoms with Crippen molar-refractivity contribution < 1.29 is 4.74 Å². The fourth-order valence-electron chi connectivity index (χ4n) is 2.23. The monoisotopic (exact) mass is 342 g/mol. The standard InChI is InChI=1S/C12H12BrClN4O/c1-7(14)12-15-16-17-18(12)6-9-5-10(13)4-8-2-3-19-11(8)9/h4-5,7H,2-3,6H2,1H3. The maximum Gasteiger partial charge on any atom is 0.169 e. The van der Waals surface area contributed by atoms with Gasteiger partial charge in [-0.25, -0.2) is 4.68 Å². The lowest BCUT2D eigenvalue weighted by Gasteiger charge is -2.10. The van der Waals surface area contributed by atoms with Crippen LogP contribution in [-0.2, 0) is 13.0 Å². The van der Waals surface area contributed by atoms with Crippen LogP contribution in [0.15, 0.2) is 16.6 Å². The average Bonchev–Trinajstić information content (AvgIpc) is 2.96. The molecule has 0 bridgehead atoms. The molecule has 3 rings (SSSR count). The van der Waals surface area contributed by atoms with Gasteiger partial charge in [-0.2, -0.15) is 0 Å². The summed E-state index contributed by atoms with van der Waals surface area (Å²) in [5, 5.41) is 11.4. The van der Waals surface area contributed by atoms with Gasteiger partial charge in [0, 0.05) is 16.5 Å². The summed E-state index contributed by atoms with van der Waals surface area (Å²) in [5.41, 5.74) is 2.28. The minimum absolute atomic E-state index is 0.226. The molecule has 0 N–H and O–H groups in total. The average molecular weight is 344 g/mol. The molecular formula is C12H12BrClN4O. The summed E-state index contributed by atoms with van der Waals surface area (Å²) < 4.78 is 8.45. The summed E-state index contributed by atoms with van der Waals surface area (Å²) >= 11 is 9.59. The second-order valence-electron chi connectivity index (χ2n) is 4.46. The lowest BCUT2D eigenvalue weighted by atomic mass is 10.1. The second-order valence-corrected chi connectivity index (χ2v) is 6.03. The van der Waals surface area contributed by atoms with Gasteiger partial charge in [0.2, 0.25) is 0 Å². The maximum absolute atomic E-state index is 6.06. The van der Waals surface area contributed by atoms with Crippen molar-refractivity contribution in [1.29, 1.82) is 0 Å². The van der Waals surface area contributed by atoms with Crippen molar-refractivity contribution >= 4 is 27.5 Å². The van der Waals surface area contributed by atoms with Gasteiger partial charge >= 0.3 is 0 Å². The molecule has 19 heavy (non-hydrogen) atoms. The largest absolute Gasteiger partial charge is 0.493 e. The van der Waals surface area contributed by atoms with Gasteiger partial charge in [-0.05, 0) is 35.0 Å². The highest BCUT2D eigenvalue weighted by atomic mass is 79.9. The first-order valence-corrected chi connectivity index (χ1v) is 7.22. The molecule has 7 heteroatoms. The van der Waals surface area contributed by atoms with E-state index in [1.165, 1.54) is 5.56 Å². The first-order chi connectivity index (χ1) is 9.15. The fourth-order valence-corrected chi connectivity index (χ4v) is 2.94. The predicted octanol–water partition coefficient (Wildman–Crippen LogP) is 2.72. The van der Waals surface area contributed by atoms with Crippen LogP contribution in [0.4, 0.5) is 0 Å². The third-order valence-electron chi connectivity index (χ3n) is 3.06. The van der Waals surface area contributed by atoms with Crippen LogP contribution in [0.5, 0.6) is 5.75 Å². The van der Waals surface area contributed by atoms with Gasteiger partial charge in [0.05, 0.1) is 18.5 Å². The topological polar surface area (TPSA) is 52.8 Å². The van der Waals surface area contributed by atoms with E-state index in [1.807, 2.05) is 13.0 Å². The maximum atomic E-state index is 6.06. The number of halogens is 2. The molecule has 1 aliphatic heterocycles. The van der Waals surface area contributed by atoms with Crippen molar-refractivity contribution in [3.63, 3.8) is 0 Å². The smallest absolute Gasteiger partial charge is 0.169 e. The lowest BCUT2D eigenvalue weighted by Crippen LogP contribution is -2.08. The quantitative estimate of drug-likeness (QED) is 0.804. The van der Waals surface area contributed by atoms with Crippen LogP contribution in [-0.4, -0.2) is 26.8 Å². The Morgan fingerprint density at radius 2 is 2.37 bits per heavy atom. The third kappa shape index (κ3) is 2.47. The Morgan fingerprint density at radius 3 is 3.16 bits per heavy atom. The molecule has 0 saturated heterocycles. The molecule has 0 spiro atoms. The predicted molar refractivity (Wildman–Crippen MR) is 74.5 cm³/mol. The van der Waals surface area contributed by atoms with E-state index < -0.39 is 0 Å². The molecule has 5 nitrogen and oxygen atoms in total. The van der Waals surface area contributed by atoms with Gasteiger partial charge in [-0.15, -0.1) is 16.7 Å². The Bertz CT molecular complexity index is 614. The van der Waals surface area contributed by atoms with E-state index in [4.69, 9.17) is 16.3 Å². The number of fused-ring (bicyclic) bond motifs is 1. The molecule has 0 saturated carbocycles. The van der Waals surface area contributed by atoms with Crippen LogP contribution in [0.1, 0.15) is 29.3 Å². The van der Waals surface area contributed by atoms with Crippen LogP contribution in [0.25, 0.3) is 0 Å². The molecule has 100 valence electrons. The number of hydrogen-bond donors (Lipinski definition) is 0. The van der Waals surface area contributed by atoms with E-state index in [9.17, 15) is 0 Å². The van der Waals surface area contributed by atoms with E-state index in [1.54, 1.807) is 4.68 Å². The minimum atomic E-state index is -0.226. The molecule has 1 atom stereocenters. The highest BCUT2D eigenvalue weighted by Gasteiger charge is 2.20. The van der Waals surface area contributed by atoms with Crippen molar-refractivity contribution in [1.82, 2.24) is 20.2 Å². The van der Waals surface area contributed by atoms with Crippen LogP contribution in [0.3, 0.4) is 0 Å². The van der Waals surface area contributed by atoms with Gasteiger partial charge in [0.25, 0.3) is 0 Å². The molecule has 0 fully saturated rings. The molecule has 1 aliphatic rings. The summed E-state index contributed by atoms with van der Waals surface area (Å²) in [4.78, 5) is 0. The first-order valence-electron chi connectivity index (χ1n) is 5.99. The molecule has 1 aromatic carbocycles. The number of nitrogens with zero attached hydrogens (tertiary/aromatic N) is 4. The summed E-state index contributed by atoms with van der Waals surface area (Å²) in [6.07, 6.45) is 0.941. The number of hydrogen-bond acceptors (Lipinski definition) is 4. The van der Waals surface area contributed by atoms with Crippen molar-refractivity contribution in [3.8, 4) is 5.75 Å². The molecule has 0 aliphatic carbocycles. The summed E-state index contributed by atoms with van der Waals surface area (Å²) in [6, 6.07) is 4.13. The summed E-state index contributed by atoms with van der Waals surface area (Å²) in [5.74, 6) is 1.61. The van der Waals surface area contributed by atoms with E-state index >= 15 is 0 Å². The van der Waals surface area contributed by atoms with Gasteiger partial charge in [0.1, 0.15) is 5.75 Å². The number of aromatic nitrogens is 4. The Labute approximate surface area is 124 Å². The zero-order valence-electron chi connectivity index (χ0n) is 10.3. The molecule has 1 aromatic heterocycles. The molecule has 2 aromatic rings. The number of benzene rings is 1. The number of alkyl halides is 1. The number of rotatable bonds is 3. The van der Waals surface area contributed by atoms with Crippen molar-refractivity contribution in [2.45, 2.75) is 25.3 Å². The van der Waals surface area contributed by atoms with Crippen LogP contribution < -0.4 is 4.74 Å². The second kappa shape index (κ2) is 5.09. The third-order valence-corrected chi connectivity index (χ3v) is 3.71. The minimum Gasteiger partial charge on any atom is -0.493 e.